The molecule has 2 rings (SSSR count). The summed E-state index contributed by atoms with van der Waals surface area (Å²) in [4.78, 5) is 13.8. The second kappa shape index (κ2) is 9.00. The summed E-state index contributed by atoms with van der Waals surface area (Å²) in [5.41, 5.74) is 0. The highest BCUT2D eigenvalue weighted by Crippen LogP contribution is 2.20. The summed E-state index contributed by atoms with van der Waals surface area (Å²) in [5, 5.41) is 2.61. The number of nitrogens with zero attached hydrogens (tertiary/aromatic N) is 1. The first-order valence-corrected chi connectivity index (χ1v) is 9.88. The van der Waals surface area contributed by atoms with E-state index in [1.54, 1.807) is 23.1 Å². The zero-order valence-corrected chi connectivity index (χ0v) is 15.0. The van der Waals surface area contributed by atoms with Crippen LogP contribution in [0, 0.1) is 11.7 Å². The zero-order chi connectivity index (χ0) is 18.3. The van der Waals surface area contributed by atoms with Crippen molar-refractivity contribution >= 4 is 16.1 Å². The Labute approximate surface area is 147 Å². The summed E-state index contributed by atoms with van der Waals surface area (Å²) in [5.74, 6) is -0.247. The van der Waals surface area contributed by atoms with Gasteiger partial charge < -0.3 is 15.0 Å². The number of likely N-dealkylation sites (tertiary alicyclic amines) is 1. The molecule has 1 aliphatic heterocycles. The maximum absolute atomic E-state index is 13.6. The van der Waals surface area contributed by atoms with E-state index in [-0.39, 0.29) is 30.0 Å². The fraction of sp³-hybridized carbons (Fsp3) is 0.562. The first kappa shape index (κ1) is 19.5. The maximum atomic E-state index is 13.6. The SMILES string of the molecule is CNS(=O)(=O)CCNC(=O)N1CCC[C@@H](COc2ccccc2F)C1. The molecular weight excluding hydrogens is 349 g/mol. The molecule has 9 heteroatoms. The van der Waals surface area contributed by atoms with E-state index in [9.17, 15) is 17.6 Å². The van der Waals surface area contributed by atoms with E-state index in [0.717, 1.165) is 12.8 Å². The van der Waals surface area contributed by atoms with E-state index in [4.69, 9.17) is 4.74 Å². The molecule has 0 saturated carbocycles. The summed E-state index contributed by atoms with van der Waals surface area (Å²) in [6, 6.07) is 5.93. The molecule has 7 nitrogen and oxygen atoms in total. The summed E-state index contributed by atoms with van der Waals surface area (Å²) in [6.45, 7) is 1.49. The Bertz CT molecular complexity index is 684. The van der Waals surface area contributed by atoms with Gasteiger partial charge in [0.2, 0.25) is 10.0 Å². The number of amides is 2. The topological polar surface area (TPSA) is 87.7 Å². The number of hydrogen-bond donors (Lipinski definition) is 2. The van der Waals surface area contributed by atoms with Gasteiger partial charge in [0.25, 0.3) is 0 Å². The van der Waals surface area contributed by atoms with Crippen LogP contribution in [0.3, 0.4) is 0 Å². The van der Waals surface area contributed by atoms with Crippen LogP contribution in [-0.2, 0) is 10.0 Å². The molecule has 0 aliphatic carbocycles. The highest BCUT2D eigenvalue weighted by molar-refractivity contribution is 7.89. The van der Waals surface area contributed by atoms with E-state index < -0.39 is 15.8 Å². The lowest BCUT2D eigenvalue weighted by atomic mass is 9.99. The van der Waals surface area contributed by atoms with Gasteiger partial charge in [-0.3, -0.25) is 0 Å². The lowest BCUT2D eigenvalue weighted by molar-refractivity contribution is 0.136. The van der Waals surface area contributed by atoms with Crippen LogP contribution in [0.4, 0.5) is 9.18 Å². The van der Waals surface area contributed by atoms with Crippen LogP contribution in [0.25, 0.3) is 0 Å². The molecule has 140 valence electrons. The first-order chi connectivity index (χ1) is 11.9. The number of carbonyl (C=O) groups is 1. The number of benzene rings is 1. The smallest absolute Gasteiger partial charge is 0.317 e. The number of hydrogen-bond acceptors (Lipinski definition) is 4. The Morgan fingerprint density at radius 3 is 2.88 bits per heavy atom. The monoisotopic (exact) mass is 373 g/mol. The minimum absolute atomic E-state index is 0.0505. The average molecular weight is 373 g/mol. The van der Waals surface area contributed by atoms with Gasteiger partial charge in [-0.2, -0.15) is 0 Å². The predicted molar refractivity (Wildman–Crippen MR) is 92.4 cm³/mol. The Morgan fingerprint density at radius 2 is 2.16 bits per heavy atom. The Hall–Kier alpha value is -1.87. The molecule has 1 atom stereocenters. The van der Waals surface area contributed by atoms with Crippen LogP contribution in [-0.4, -0.2) is 58.4 Å². The van der Waals surface area contributed by atoms with Gasteiger partial charge in [-0.15, -0.1) is 0 Å². The van der Waals surface area contributed by atoms with Crippen molar-refractivity contribution < 1.29 is 22.3 Å². The molecule has 0 radical (unpaired) electrons. The molecule has 0 unspecified atom stereocenters. The van der Waals surface area contributed by atoms with Crippen molar-refractivity contribution in [2.75, 3.05) is 39.0 Å². The van der Waals surface area contributed by atoms with Crippen molar-refractivity contribution in [3.8, 4) is 5.75 Å². The molecule has 2 amide bonds. The third-order valence-electron chi connectivity index (χ3n) is 4.08. The van der Waals surface area contributed by atoms with Crippen LogP contribution in [0.5, 0.6) is 5.75 Å². The number of nitrogens with one attached hydrogen (secondary N) is 2. The molecule has 0 aromatic heterocycles. The number of sulfonamides is 1. The van der Waals surface area contributed by atoms with Crippen molar-refractivity contribution in [2.45, 2.75) is 12.8 Å². The van der Waals surface area contributed by atoms with Crippen LogP contribution in [0.15, 0.2) is 24.3 Å². The van der Waals surface area contributed by atoms with E-state index in [0.29, 0.717) is 19.7 Å². The number of ether oxygens (including phenoxy) is 1. The molecule has 2 N–H and O–H groups in total. The molecular formula is C16H24FN3O4S. The second-order valence-electron chi connectivity index (χ2n) is 5.95. The number of urea groups is 1. The van der Waals surface area contributed by atoms with Crippen LogP contribution >= 0.6 is 0 Å². The van der Waals surface area contributed by atoms with Gasteiger partial charge in [0, 0.05) is 25.6 Å². The minimum Gasteiger partial charge on any atom is -0.490 e. The Balaban J connectivity index is 1.78. The average Bonchev–Trinajstić information content (AvgIpc) is 2.61. The highest BCUT2D eigenvalue weighted by Gasteiger charge is 2.24. The molecule has 25 heavy (non-hydrogen) atoms. The molecule has 0 spiro atoms. The minimum atomic E-state index is -3.34. The van der Waals surface area contributed by atoms with Gasteiger partial charge in [-0.1, -0.05) is 12.1 Å². The van der Waals surface area contributed by atoms with Crippen molar-refractivity contribution in [1.82, 2.24) is 14.9 Å². The molecule has 1 aromatic carbocycles. The normalized spacial score (nSPS) is 18.0. The van der Waals surface area contributed by atoms with Gasteiger partial charge in [-0.05, 0) is 32.0 Å². The first-order valence-electron chi connectivity index (χ1n) is 8.22. The van der Waals surface area contributed by atoms with Crippen molar-refractivity contribution in [2.24, 2.45) is 5.92 Å². The zero-order valence-electron chi connectivity index (χ0n) is 14.2. The van der Waals surface area contributed by atoms with Crippen molar-refractivity contribution in [1.29, 1.82) is 0 Å². The summed E-state index contributed by atoms with van der Waals surface area (Å²) >= 11 is 0. The van der Waals surface area contributed by atoms with Gasteiger partial charge in [-0.25, -0.2) is 22.3 Å². The van der Waals surface area contributed by atoms with Gasteiger partial charge in [0.05, 0.1) is 12.4 Å². The number of carbonyl (C=O) groups excluding carboxylic acids is 1. The fourth-order valence-corrected chi connectivity index (χ4v) is 3.24. The second-order valence-corrected chi connectivity index (χ2v) is 8.00. The molecule has 0 bridgehead atoms. The molecule has 1 aromatic rings. The van der Waals surface area contributed by atoms with Gasteiger partial charge in [0.15, 0.2) is 11.6 Å². The van der Waals surface area contributed by atoms with Crippen LogP contribution in [0.2, 0.25) is 0 Å². The van der Waals surface area contributed by atoms with Crippen LogP contribution in [0.1, 0.15) is 12.8 Å². The lowest BCUT2D eigenvalue weighted by Crippen LogP contribution is -2.47. The summed E-state index contributed by atoms with van der Waals surface area (Å²) in [6.07, 6.45) is 1.72. The predicted octanol–water partition coefficient (Wildman–Crippen LogP) is 1.18. The van der Waals surface area contributed by atoms with Gasteiger partial charge >= 0.3 is 6.03 Å². The summed E-state index contributed by atoms with van der Waals surface area (Å²) in [7, 11) is -2.00. The van der Waals surface area contributed by atoms with E-state index in [1.807, 2.05) is 0 Å². The molecule has 1 aliphatic rings. The maximum Gasteiger partial charge on any atom is 0.317 e. The third kappa shape index (κ3) is 6.17. The van der Waals surface area contributed by atoms with Crippen molar-refractivity contribution in [3.63, 3.8) is 0 Å². The number of piperidine rings is 1. The standard InChI is InChI=1S/C16H24FN3O4S/c1-18-25(22,23)10-8-19-16(21)20-9-4-5-13(11-20)12-24-15-7-3-2-6-14(15)17/h2-3,6-7,13,18H,4-5,8-12H2,1H3,(H,19,21)/t13-/m1/s1. The summed E-state index contributed by atoms with van der Waals surface area (Å²) < 4.78 is 43.9. The Morgan fingerprint density at radius 1 is 1.40 bits per heavy atom. The molecule has 1 fully saturated rings. The lowest BCUT2D eigenvalue weighted by Gasteiger charge is -2.32. The van der Waals surface area contributed by atoms with Crippen LogP contribution < -0.4 is 14.8 Å². The molecule has 1 heterocycles. The highest BCUT2D eigenvalue weighted by atomic mass is 32.2. The van der Waals surface area contributed by atoms with E-state index in [2.05, 4.69) is 10.0 Å². The molecule has 1 saturated heterocycles. The largest absolute Gasteiger partial charge is 0.490 e. The number of halogens is 1. The fourth-order valence-electron chi connectivity index (χ4n) is 2.66. The van der Waals surface area contributed by atoms with Gasteiger partial charge in [0.1, 0.15) is 0 Å². The van der Waals surface area contributed by atoms with Crippen molar-refractivity contribution in [3.05, 3.63) is 30.1 Å². The number of rotatable bonds is 7. The van der Waals surface area contributed by atoms with E-state index >= 15 is 0 Å². The number of para-hydroxylation sites is 1. The Kier molecular flexibility index (Phi) is 7.01. The third-order valence-corrected chi connectivity index (χ3v) is 5.44. The van der Waals surface area contributed by atoms with E-state index in [1.165, 1.54) is 13.1 Å². The quantitative estimate of drug-likeness (QED) is 0.751.